The van der Waals surface area contributed by atoms with E-state index in [4.69, 9.17) is 9.97 Å². The fourth-order valence-electron chi connectivity index (χ4n) is 9.77. The first-order chi connectivity index (χ1) is 31.7. The molecule has 0 aliphatic carbocycles. The number of benzene rings is 9. The molecule has 4 heteroatoms. The van der Waals surface area contributed by atoms with Gasteiger partial charge in [-0.3, -0.25) is 0 Å². The molecule has 0 unspecified atom stereocenters. The molecular formula is C60H38N4. The first-order valence-corrected chi connectivity index (χ1v) is 21.8. The fourth-order valence-corrected chi connectivity index (χ4v) is 9.77. The predicted molar refractivity (Wildman–Crippen MR) is 267 cm³/mol. The Morgan fingerprint density at radius 3 is 1.00 bits per heavy atom. The lowest BCUT2D eigenvalue weighted by Gasteiger charge is -2.10. The number of nitrogens with zero attached hydrogens (tertiary/aromatic N) is 4. The van der Waals surface area contributed by atoms with Crippen LogP contribution in [0, 0.1) is 0 Å². The lowest BCUT2D eigenvalue weighted by atomic mass is 10.0. The average molecular weight is 815 g/mol. The van der Waals surface area contributed by atoms with Crippen molar-refractivity contribution < 1.29 is 0 Å². The molecular weight excluding hydrogens is 777 g/mol. The van der Waals surface area contributed by atoms with E-state index in [0.717, 1.165) is 78.5 Å². The van der Waals surface area contributed by atoms with E-state index in [2.05, 4.69) is 240 Å². The number of rotatable bonds is 6. The van der Waals surface area contributed by atoms with Crippen LogP contribution in [0.2, 0.25) is 0 Å². The second-order valence-electron chi connectivity index (χ2n) is 16.6. The molecule has 0 aliphatic heterocycles. The molecule has 0 amide bonds. The minimum atomic E-state index is 0.942. The van der Waals surface area contributed by atoms with Crippen molar-refractivity contribution in [3.05, 3.63) is 231 Å². The molecule has 13 rings (SSSR count). The van der Waals surface area contributed by atoms with E-state index in [1.165, 1.54) is 43.1 Å². The summed E-state index contributed by atoms with van der Waals surface area (Å²) < 4.78 is 4.84. The number of hydrogen-bond acceptors (Lipinski definition) is 2. The lowest BCUT2D eigenvalue weighted by molar-refractivity contribution is 1.17. The Morgan fingerprint density at radius 2 is 0.578 bits per heavy atom. The second-order valence-corrected chi connectivity index (χ2v) is 16.6. The summed E-state index contributed by atoms with van der Waals surface area (Å²) in [6.07, 6.45) is 0. The highest BCUT2D eigenvalue weighted by Gasteiger charge is 2.20. The van der Waals surface area contributed by atoms with Crippen molar-refractivity contribution in [1.82, 2.24) is 19.1 Å². The highest BCUT2D eigenvalue weighted by molar-refractivity contribution is 6.19. The Hall–Kier alpha value is -8.60. The highest BCUT2D eigenvalue weighted by atomic mass is 15.0. The minimum Gasteiger partial charge on any atom is -0.309 e. The summed E-state index contributed by atoms with van der Waals surface area (Å²) in [7, 11) is 0. The fraction of sp³-hybridized carbons (Fsp3) is 0. The van der Waals surface area contributed by atoms with Crippen LogP contribution in [0.4, 0.5) is 0 Å². The van der Waals surface area contributed by atoms with Gasteiger partial charge in [-0.25, -0.2) is 9.97 Å². The van der Waals surface area contributed by atoms with Gasteiger partial charge in [-0.15, -0.1) is 0 Å². The molecule has 0 atom stereocenters. The summed E-state index contributed by atoms with van der Waals surface area (Å²) in [5.74, 6) is 0. The molecule has 9 aromatic carbocycles. The quantitative estimate of drug-likeness (QED) is 0.168. The molecule has 0 bridgehead atoms. The molecule has 298 valence electrons. The van der Waals surface area contributed by atoms with E-state index in [9.17, 15) is 0 Å². The Bertz CT molecular complexity index is 3690. The van der Waals surface area contributed by atoms with Gasteiger partial charge in [0.05, 0.1) is 44.8 Å². The van der Waals surface area contributed by atoms with Crippen molar-refractivity contribution >= 4 is 65.2 Å². The van der Waals surface area contributed by atoms with Crippen LogP contribution >= 0.6 is 0 Å². The number of hydrogen-bond donors (Lipinski definition) is 0. The molecule has 4 heterocycles. The Balaban J connectivity index is 0.991. The van der Waals surface area contributed by atoms with Crippen molar-refractivity contribution in [2.24, 2.45) is 0 Å². The van der Waals surface area contributed by atoms with Gasteiger partial charge in [0.15, 0.2) is 0 Å². The van der Waals surface area contributed by atoms with Gasteiger partial charge in [-0.05, 0) is 106 Å². The third kappa shape index (κ3) is 5.92. The van der Waals surface area contributed by atoms with Crippen LogP contribution in [-0.2, 0) is 0 Å². The summed E-state index contributed by atoms with van der Waals surface area (Å²) in [6.45, 7) is 0. The summed E-state index contributed by atoms with van der Waals surface area (Å²) in [5.41, 5.74) is 15.0. The molecule has 0 fully saturated rings. The normalized spacial score (nSPS) is 11.8. The Morgan fingerprint density at radius 1 is 0.234 bits per heavy atom. The van der Waals surface area contributed by atoms with E-state index in [0.29, 0.717) is 0 Å². The molecule has 0 saturated heterocycles. The SMILES string of the molecule is c1ccc(-n2c3cc(-c4cccc(-c5ccc6ccccc6c5)n4)ccc3c3cc4c(cc32)c2ccc(-c3cccc(-c5ccc6ccccc6c5)n3)cc2n4-c2ccccc2)cc1. The minimum absolute atomic E-state index is 0.942. The number of aromatic nitrogens is 4. The van der Waals surface area contributed by atoms with Crippen LogP contribution in [0.3, 0.4) is 0 Å². The van der Waals surface area contributed by atoms with E-state index in [1.54, 1.807) is 0 Å². The maximum atomic E-state index is 5.24. The monoisotopic (exact) mass is 814 g/mol. The van der Waals surface area contributed by atoms with Gasteiger partial charge in [-0.1, -0.05) is 146 Å². The number of para-hydroxylation sites is 2. The number of pyridine rings is 2. The van der Waals surface area contributed by atoms with Crippen molar-refractivity contribution in [2.45, 2.75) is 0 Å². The third-order valence-corrected chi connectivity index (χ3v) is 12.9. The van der Waals surface area contributed by atoms with Gasteiger partial charge in [0.2, 0.25) is 0 Å². The van der Waals surface area contributed by atoms with Crippen LogP contribution in [-0.4, -0.2) is 19.1 Å². The van der Waals surface area contributed by atoms with E-state index in [1.807, 2.05) is 0 Å². The molecule has 4 nitrogen and oxygen atoms in total. The van der Waals surface area contributed by atoms with Gasteiger partial charge >= 0.3 is 0 Å². The predicted octanol–water partition coefficient (Wildman–Crippen LogP) is 15.6. The van der Waals surface area contributed by atoms with Gasteiger partial charge in [0, 0.05) is 55.2 Å². The molecule has 0 spiro atoms. The summed E-state index contributed by atoms with van der Waals surface area (Å²) in [4.78, 5) is 10.5. The van der Waals surface area contributed by atoms with Gasteiger partial charge in [0.1, 0.15) is 0 Å². The van der Waals surface area contributed by atoms with Gasteiger partial charge in [0.25, 0.3) is 0 Å². The Kier molecular flexibility index (Phi) is 8.18. The first-order valence-electron chi connectivity index (χ1n) is 21.8. The zero-order chi connectivity index (χ0) is 42.1. The second kappa shape index (κ2) is 14.5. The zero-order valence-corrected chi connectivity index (χ0v) is 34.7. The van der Waals surface area contributed by atoms with E-state index >= 15 is 0 Å². The standard InChI is InChI=1S/C60H38N4/c1-3-17-47(18-4-1)63-57-35-45(55-23-11-21-53(61-55)43-27-25-39-13-7-9-15-41(39)33-43)29-31-49(57)51-38-60-52(37-59(51)63)50-32-30-46(36-58(50)64(60)48-19-5-2-6-20-48)56-24-12-22-54(62-56)44-28-26-40-14-8-10-16-42(40)34-44/h1-38H. The zero-order valence-electron chi connectivity index (χ0n) is 34.7. The van der Waals surface area contributed by atoms with Crippen molar-refractivity contribution in [1.29, 1.82) is 0 Å². The van der Waals surface area contributed by atoms with Crippen LogP contribution < -0.4 is 0 Å². The average Bonchev–Trinajstić information content (AvgIpc) is 3.86. The van der Waals surface area contributed by atoms with E-state index in [-0.39, 0.29) is 0 Å². The van der Waals surface area contributed by atoms with Crippen LogP contribution in [0.15, 0.2) is 231 Å². The largest absolute Gasteiger partial charge is 0.309 e. The van der Waals surface area contributed by atoms with Crippen molar-refractivity contribution in [2.75, 3.05) is 0 Å². The van der Waals surface area contributed by atoms with Gasteiger partial charge < -0.3 is 9.13 Å². The topological polar surface area (TPSA) is 35.6 Å². The first kappa shape index (κ1) is 36.1. The van der Waals surface area contributed by atoms with Crippen molar-refractivity contribution in [3.8, 4) is 56.4 Å². The van der Waals surface area contributed by atoms with Crippen LogP contribution in [0.25, 0.3) is 122 Å². The lowest BCUT2D eigenvalue weighted by Crippen LogP contribution is -1.95. The highest BCUT2D eigenvalue weighted by Crippen LogP contribution is 2.42. The molecule has 64 heavy (non-hydrogen) atoms. The molecule has 0 aliphatic rings. The van der Waals surface area contributed by atoms with Crippen molar-refractivity contribution in [3.63, 3.8) is 0 Å². The molecule has 13 aromatic rings. The summed E-state index contributed by atoms with van der Waals surface area (Å²) in [6, 6.07) is 82.7. The van der Waals surface area contributed by atoms with Gasteiger partial charge in [-0.2, -0.15) is 0 Å². The smallest absolute Gasteiger partial charge is 0.0710 e. The third-order valence-electron chi connectivity index (χ3n) is 12.9. The summed E-state index contributed by atoms with van der Waals surface area (Å²) in [5, 5.41) is 9.64. The molecule has 0 radical (unpaired) electrons. The van der Waals surface area contributed by atoms with E-state index < -0.39 is 0 Å². The summed E-state index contributed by atoms with van der Waals surface area (Å²) >= 11 is 0. The molecule has 4 aromatic heterocycles. The van der Waals surface area contributed by atoms with Crippen LogP contribution in [0.5, 0.6) is 0 Å². The molecule has 0 saturated carbocycles. The Labute approximate surface area is 369 Å². The van der Waals surface area contributed by atoms with Crippen LogP contribution in [0.1, 0.15) is 0 Å². The number of fused-ring (bicyclic) bond motifs is 8. The maximum absolute atomic E-state index is 5.24. The molecule has 0 N–H and O–H groups in total. The maximum Gasteiger partial charge on any atom is 0.0710 e.